The summed E-state index contributed by atoms with van der Waals surface area (Å²) in [6.07, 6.45) is 0. The Bertz CT molecular complexity index is 887. The van der Waals surface area contributed by atoms with Crippen LogP contribution in [-0.2, 0) is 16.6 Å². The van der Waals surface area contributed by atoms with Crippen molar-refractivity contribution in [1.82, 2.24) is 9.21 Å². The number of rotatable bonds is 8. The van der Waals surface area contributed by atoms with E-state index in [-0.39, 0.29) is 18.0 Å². The monoisotopic (exact) mass is 397 g/mol. The lowest BCUT2D eigenvalue weighted by Crippen LogP contribution is -2.36. The SMILES string of the molecule is CN(C)CCN(Cc1cccc(Cl)c1)S(=O)(=O)c1ccccc1[N+](=O)[O-]. The van der Waals surface area contributed by atoms with Crippen molar-refractivity contribution in [2.24, 2.45) is 0 Å². The molecule has 0 heterocycles. The predicted molar refractivity (Wildman–Crippen MR) is 101 cm³/mol. The molecule has 0 saturated carbocycles. The number of benzene rings is 2. The molecule has 2 rings (SSSR count). The minimum atomic E-state index is -4.06. The molecule has 0 aliphatic carbocycles. The van der Waals surface area contributed by atoms with Gasteiger partial charge in [-0.15, -0.1) is 0 Å². The molecular weight excluding hydrogens is 378 g/mol. The molecule has 2 aromatic carbocycles. The number of para-hydroxylation sites is 1. The van der Waals surface area contributed by atoms with Crippen LogP contribution < -0.4 is 0 Å². The molecular formula is C17H20ClN3O4S. The fraction of sp³-hybridized carbons (Fsp3) is 0.294. The van der Waals surface area contributed by atoms with Crippen molar-refractivity contribution in [3.8, 4) is 0 Å². The van der Waals surface area contributed by atoms with Crippen molar-refractivity contribution in [3.05, 3.63) is 69.2 Å². The molecule has 0 unspecified atom stereocenters. The summed E-state index contributed by atoms with van der Waals surface area (Å²) < 4.78 is 27.5. The van der Waals surface area contributed by atoms with Gasteiger partial charge >= 0.3 is 0 Å². The summed E-state index contributed by atoms with van der Waals surface area (Å²) in [5, 5.41) is 11.8. The van der Waals surface area contributed by atoms with Gasteiger partial charge in [-0.1, -0.05) is 35.9 Å². The highest BCUT2D eigenvalue weighted by atomic mass is 35.5. The van der Waals surface area contributed by atoms with E-state index in [0.717, 1.165) is 0 Å². The second kappa shape index (κ2) is 8.59. The van der Waals surface area contributed by atoms with Crippen LogP contribution in [0.25, 0.3) is 0 Å². The first-order chi connectivity index (χ1) is 12.2. The van der Waals surface area contributed by atoms with Crippen molar-refractivity contribution in [1.29, 1.82) is 0 Å². The van der Waals surface area contributed by atoms with Crippen LogP contribution in [0.15, 0.2) is 53.4 Å². The standard InChI is InChI=1S/C17H20ClN3O4S/c1-19(2)10-11-20(13-14-6-5-7-15(18)12-14)26(24,25)17-9-4-3-8-16(17)21(22)23/h3-9,12H,10-11,13H2,1-2H3. The highest BCUT2D eigenvalue weighted by Gasteiger charge is 2.31. The van der Waals surface area contributed by atoms with Crippen molar-refractivity contribution in [2.75, 3.05) is 27.2 Å². The highest BCUT2D eigenvalue weighted by molar-refractivity contribution is 7.89. The summed E-state index contributed by atoms with van der Waals surface area (Å²) in [6, 6.07) is 12.2. The van der Waals surface area contributed by atoms with E-state index in [2.05, 4.69) is 0 Å². The number of nitro groups is 1. The Kier molecular flexibility index (Phi) is 6.71. The molecule has 2 aromatic rings. The van der Waals surface area contributed by atoms with Gasteiger partial charge in [0.1, 0.15) is 0 Å². The quantitative estimate of drug-likeness (QED) is 0.505. The van der Waals surface area contributed by atoms with Crippen LogP contribution in [0.3, 0.4) is 0 Å². The molecule has 26 heavy (non-hydrogen) atoms. The van der Waals surface area contributed by atoms with Gasteiger partial charge in [-0.2, -0.15) is 4.31 Å². The third-order valence-corrected chi connectivity index (χ3v) is 5.85. The maximum atomic E-state index is 13.1. The van der Waals surface area contributed by atoms with Gasteiger partial charge in [0.2, 0.25) is 10.0 Å². The molecule has 0 aromatic heterocycles. The van der Waals surface area contributed by atoms with E-state index in [9.17, 15) is 18.5 Å². The zero-order chi connectivity index (χ0) is 19.3. The lowest BCUT2D eigenvalue weighted by Gasteiger charge is -2.24. The number of nitro benzene ring substituents is 1. The Labute approximate surface area is 158 Å². The second-order valence-electron chi connectivity index (χ2n) is 6.00. The maximum absolute atomic E-state index is 13.1. The molecule has 0 radical (unpaired) electrons. The smallest absolute Gasteiger partial charge is 0.289 e. The molecule has 0 bridgehead atoms. The number of halogens is 1. The zero-order valence-corrected chi connectivity index (χ0v) is 16.1. The largest absolute Gasteiger partial charge is 0.308 e. The van der Waals surface area contributed by atoms with Crippen molar-refractivity contribution >= 4 is 27.3 Å². The Balaban J connectivity index is 2.44. The van der Waals surface area contributed by atoms with Crippen molar-refractivity contribution in [3.63, 3.8) is 0 Å². The molecule has 0 atom stereocenters. The van der Waals surface area contributed by atoms with E-state index < -0.39 is 20.6 Å². The summed E-state index contributed by atoms with van der Waals surface area (Å²) in [5.74, 6) is 0. The van der Waals surface area contributed by atoms with Crippen LogP contribution in [0, 0.1) is 10.1 Å². The summed E-state index contributed by atoms with van der Waals surface area (Å²) >= 11 is 5.99. The molecule has 0 spiro atoms. The Morgan fingerprint density at radius 1 is 1.08 bits per heavy atom. The van der Waals surface area contributed by atoms with Gasteiger partial charge in [-0.3, -0.25) is 10.1 Å². The van der Waals surface area contributed by atoms with E-state index >= 15 is 0 Å². The molecule has 9 heteroatoms. The Morgan fingerprint density at radius 3 is 2.38 bits per heavy atom. The first-order valence-electron chi connectivity index (χ1n) is 7.84. The van der Waals surface area contributed by atoms with Gasteiger partial charge in [0.25, 0.3) is 5.69 Å². The van der Waals surface area contributed by atoms with Gasteiger partial charge in [-0.25, -0.2) is 8.42 Å². The number of hydrogen-bond acceptors (Lipinski definition) is 5. The lowest BCUT2D eigenvalue weighted by atomic mass is 10.2. The van der Waals surface area contributed by atoms with Gasteiger partial charge in [0.05, 0.1) is 4.92 Å². The van der Waals surface area contributed by atoms with Crippen LogP contribution in [0.5, 0.6) is 0 Å². The molecule has 0 N–H and O–H groups in total. The maximum Gasteiger partial charge on any atom is 0.289 e. The van der Waals surface area contributed by atoms with Crippen molar-refractivity contribution in [2.45, 2.75) is 11.4 Å². The van der Waals surface area contributed by atoms with Gasteiger partial charge < -0.3 is 4.90 Å². The summed E-state index contributed by atoms with van der Waals surface area (Å²) in [6.45, 7) is 0.733. The Morgan fingerprint density at radius 2 is 1.77 bits per heavy atom. The fourth-order valence-electron chi connectivity index (χ4n) is 2.40. The molecule has 7 nitrogen and oxygen atoms in total. The molecule has 0 amide bonds. The van der Waals surface area contributed by atoms with E-state index in [1.54, 1.807) is 24.3 Å². The zero-order valence-electron chi connectivity index (χ0n) is 14.5. The van der Waals surface area contributed by atoms with E-state index in [1.807, 2.05) is 19.0 Å². The molecule has 0 aliphatic heterocycles. The summed E-state index contributed by atoms with van der Waals surface area (Å²) in [7, 11) is -0.404. The highest BCUT2D eigenvalue weighted by Crippen LogP contribution is 2.27. The number of sulfonamides is 1. The summed E-state index contributed by atoms with van der Waals surface area (Å²) in [5.41, 5.74) is 0.270. The van der Waals surface area contributed by atoms with Crippen LogP contribution in [0.4, 0.5) is 5.69 Å². The molecule has 140 valence electrons. The second-order valence-corrected chi connectivity index (χ2v) is 8.34. The van der Waals surface area contributed by atoms with Crippen LogP contribution in [0.1, 0.15) is 5.56 Å². The number of hydrogen-bond donors (Lipinski definition) is 0. The van der Waals surface area contributed by atoms with E-state index in [4.69, 9.17) is 11.6 Å². The van der Waals surface area contributed by atoms with Crippen LogP contribution in [-0.4, -0.2) is 49.7 Å². The fourth-order valence-corrected chi connectivity index (χ4v) is 4.19. The molecule has 0 saturated heterocycles. The van der Waals surface area contributed by atoms with Gasteiger partial charge in [0.15, 0.2) is 4.90 Å². The van der Waals surface area contributed by atoms with E-state index in [0.29, 0.717) is 17.1 Å². The molecule has 0 aliphatic rings. The van der Waals surface area contributed by atoms with Gasteiger partial charge in [0, 0.05) is 30.7 Å². The average Bonchev–Trinajstić information content (AvgIpc) is 2.58. The topological polar surface area (TPSA) is 83.8 Å². The lowest BCUT2D eigenvalue weighted by molar-refractivity contribution is -0.387. The number of likely N-dealkylation sites (N-methyl/N-ethyl adjacent to an activating group) is 1. The normalized spacial score (nSPS) is 11.9. The van der Waals surface area contributed by atoms with Crippen LogP contribution in [0.2, 0.25) is 5.02 Å². The predicted octanol–water partition coefficient (Wildman–Crippen LogP) is 3.00. The summed E-state index contributed by atoms with van der Waals surface area (Å²) in [4.78, 5) is 12.1. The minimum absolute atomic E-state index is 0.0722. The first kappa shape index (κ1) is 20.3. The van der Waals surface area contributed by atoms with Gasteiger partial charge in [-0.05, 0) is 37.9 Å². The van der Waals surface area contributed by atoms with Crippen molar-refractivity contribution < 1.29 is 13.3 Å². The van der Waals surface area contributed by atoms with E-state index in [1.165, 1.54) is 28.6 Å². The van der Waals surface area contributed by atoms with Crippen LogP contribution >= 0.6 is 11.6 Å². The third-order valence-electron chi connectivity index (χ3n) is 3.72. The first-order valence-corrected chi connectivity index (χ1v) is 9.66. The molecule has 0 fully saturated rings. The Hall–Kier alpha value is -2.00. The number of nitrogens with zero attached hydrogens (tertiary/aromatic N) is 3. The third kappa shape index (κ3) is 5.01. The average molecular weight is 398 g/mol. The minimum Gasteiger partial charge on any atom is -0.308 e.